The maximum atomic E-state index is 12.8. The third kappa shape index (κ3) is 7.79. The lowest BCUT2D eigenvalue weighted by Gasteiger charge is -2.39. The van der Waals surface area contributed by atoms with Crippen molar-refractivity contribution in [3.05, 3.63) is 0 Å². The summed E-state index contributed by atoms with van der Waals surface area (Å²) < 4.78 is 43.4. The van der Waals surface area contributed by atoms with E-state index in [0.717, 1.165) is 32.0 Å². The van der Waals surface area contributed by atoms with E-state index in [1.54, 1.807) is 14.2 Å². The SMILES string of the molecule is CN=C(NCCCN(C)CCOC)N1CCN(C(C)C(F)(F)F)CC1. The number of hydrogen-bond acceptors (Lipinski definition) is 4. The lowest BCUT2D eigenvalue weighted by atomic mass is 10.2. The summed E-state index contributed by atoms with van der Waals surface area (Å²) in [6.07, 6.45) is -3.21. The van der Waals surface area contributed by atoms with Gasteiger partial charge >= 0.3 is 6.18 Å². The Morgan fingerprint density at radius 3 is 2.40 bits per heavy atom. The van der Waals surface area contributed by atoms with Crippen molar-refractivity contribution in [3.8, 4) is 0 Å². The van der Waals surface area contributed by atoms with Crippen molar-refractivity contribution >= 4 is 5.96 Å². The minimum absolute atomic E-state index is 0.390. The van der Waals surface area contributed by atoms with Gasteiger partial charge < -0.3 is 19.9 Å². The van der Waals surface area contributed by atoms with E-state index in [9.17, 15) is 13.2 Å². The molecule has 0 aromatic heterocycles. The smallest absolute Gasteiger partial charge is 0.383 e. The zero-order valence-electron chi connectivity index (χ0n) is 15.8. The summed E-state index contributed by atoms with van der Waals surface area (Å²) >= 11 is 0. The number of likely N-dealkylation sites (N-methyl/N-ethyl adjacent to an activating group) is 1. The largest absolute Gasteiger partial charge is 0.403 e. The number of nitrogens with one attached hydrogen (secondary N) is 1. The molecule has 0 aromatic carbocycles. The number of nitrogens with zero attached hydrogens (tertiary/aromatic N) is 4. The van der Waals surface area contributed by atoms with Gasteiger partial charge in [-0.3, -0.25) is 9.89 Å². The molecule has 1 aliphatic heterocycles. The second-order valence-electron chi connectivity index (χ2n) is 6.36. The molecule has 25 heavy (non-hydrogen) atoms. The Morgan fingerprint density at radius 2 is 1.88 bits per heavy atom. The Morgan fingerprint density at radius 1 is 1.24 bits per heavy atom. The first-order chi connectivity index (χ1) is 11.8. The summed E-state index contributed by atoms with van der Waals surface area (Å²) in [7, 11) is 5.45. The Hall–Kier alpha value is -1.06. The minimum atomic E-state index is -4.17. The van der Waals surface area contributed by atoms with Gasteiger partial charge in [0.25, 0.3) is 0 Å². The van der Waals surface area contributed by atoms with E-state index in [4.69, 9.17) is 4.74 Å². The summed E-state index contributed by atoms with van der Waals surface area (Å²) in [5.41, 5.74) is 0. The fourth-order valence-electron chi connectivity index (χ4n) is 2.77. The molecule has 0 radical (unpaired) electrons. The molecule has 1 heterocycles. The second kappa shape index (κ2) is 10.8. The van der Waals surface area contributed by atoms with E-state index in [1.807, 2.05) is 4.90 Å². The number of hydrogen-bond donors (Lipinski definition) is 1. The average Bonchev–Trinajstić information content (AvgIpc) is 2.59. The molecule has 1 atom stereocenters. The molecule has 0 bridgehead atoms. The number of alkyl halides is 3. The molecule has 1 N–H and O–H groups in total. The predicted octanol–water partition coefficient (Wildman–Crippen LogP) is 1.10. The number of piperazine rings is 1. The van der Waals surface area contributed by atoms with Crippen molar-refractivity contribution in [2.75, 3.05) is 73.6 Å². The monoisotopic (exact) mass is 367 g/mol. The molecule has 1 rings (SSSR count). The molecule has 1 fully saturated rings. The number of aliphatic imine (C=N–C) groups is 1. The molecule has 1 saturated heterocycles. The topological polar surface area (TPSA) is 43.3 Å². The molecule has 0 aromatic rings. The fraction of sp³-hybridized carbons (Fsp3) is 0.938. The highest BCUT2D eigenvalue weighted by atomic mass is 19.4. The first kappa shape index (κ1) is 22.0. The van der Waals surface area contributed by atoms with E-state index < -0.39 is 12.2 Å². The van der Waals surface area contributed by atoms with Crippen molar-refractivity contribution in [3.63, 3.8) is 0 Å². The Labute approximate surface area is 149 Å². The standard InChI is InChI=1S/C16H32F3N5O/c1-14(16(17,18)19)23-8-10-24(11-9-23)15(20-2)21-6-5-7-22(3)12-13-25-4/h14H,5-13H2,1-4H3,(H,20,21). The van der Waals surface area contributed by atoms with Crippen LogP contribution in [0.3, 0.4) is 0 Å². The van der Waals surface area contributed by atoms with Crippen LogP contribution in [-0.2, 0) is 4.74 Å². The van der Waals surface area contributed by atoms with Gasteiger partial charge in [0.15, 0.2) is 5.96 Å². The van der Waals surface area contributed by atoms with Gasteiger partial charge in [0.05, 0.1) is 6.61 Å². The van der Waals surface area contributed by atoms with Crippen LogP contribution in [0.25, 0.3) is 0 Å². The summed E-state index contributed by atoms with van der Waals surface area (Å²) in [5, 5.41) is 3.30. The maximum absolute atomic E-state index is 12.8. The molecule has 148 valence electrons. The lowest BCUT2D eigenvalue weighted by molar-refractivity contribution is -0.181. The summed E-state index contributed by atoms with van der Waals surface area (Å²) in [4.78, 5) is 9.96. The zero-order chi connectivity index (χ0) is 18.9. The molecule has 0 spiro atoms. The third-order valence-electron chi connectivity index (χ3n) is 4.52. The van der Waals surface area contributed by atoms with Crippen molar-refractivity contribution in [1.82, 2.24) is 20.0 Å². The number of halogens is 3. The van der Waals surface area contributed by atoms with Crippen LogP contribution in [0.5, 0.6) is 0 Å². The first-order valence-electron chi connectivity index (χ1n) is 8.73. The van der Waals surface area contributed by atoms with E-state index >= 15 is 0 Å². The minimum Gasteiger partial charge on any atom is -0.383 e. The number of ether oxygens (including phenoxy) is 1. The van der Waals surface area contributed by atoms with Gasteiger partial charge in [0.1, 0.15) is 6.04 Å². The molecular formula is C16H32F3N5O. The zero-order valence-corrected chi connectivity index (χ0v) is 15.8. The Bertz CT molecular complexity index is 398. The van der Waals surface area contributed by atoms with Crippen LogP contribution in [0.2, 0.25) is 0 Å². The normalized spacial score (nSPS) is 18.7. The molecule has 9 heteroatoms. The van der Waals surface area contributed by atoms with Gasteiger partial charge in [-0.05, 0) is 26.9 Å². The van der Waals surface area contributed by atoms with Gasteiger partial charge in [0, 0.05) is 53.4 Å². The molecule has 1 aliphatic rings. The van der Waals surface area contributed by atoms with Crippen molar-refractivity contribution in [2.45, 2.75) is 25.6 Å². The predicted molar refractivity (Wildman–Crippen MR) is 94.0 cm³/mol. The van der Waals surface area contributed by atoms with Crippen molar-refractivity contribution < 1.29 is 17.9 Å². The van der Waals surface area contributed by atoms with E-state index in [-0.39, 0.29) is 0 Å². The summed E-state index contributed by atoms with van der Waals surface area (Å²) in [6.45, 7) is 6.44. The average molecular weight is 367 g/mol. The lowest BCUT2D eigenvalue weighted by Crippen LogP contribution is -2.56. The third-order valence-corrected chi connectivity index (χ3v) is 4.52. The highest BCUT2D eigenvalue weighted by Gasteiger charge is 2.41. The fourth-order valence-corrected chi connectivity index (χ4v) is 2.77. The van der Waals surface area contributed by atoms with Crippen molar-refractivity contribution in [2.24, 2.45) is 4.99 Å². The van der Waals surface area contributed by atoms with E-state index in [0.29, 0.717) is 32.8 Å². The Balaban J connectivity index is 2.30. The molecule has 0 aliphatic carbocycles. The van der Waals surface area contributed by atoms with Crippen LogP contribution < -0.4 is 5.32 Å². The maximum Gasteiger partial charge on any atom is 0.403 e. The van der Waals surface area contributed by atoms with Crippen LogP contribution in [-0.4, -0.2) is 107 Å². The second-order valence-corrected chi connectivity index (χ2v) is 6.36. The van der Waals surface area contributed by atoms with Crippen LogP contribution in [0, 0.1) is 0 Å². The summed E-state index contributed by atoms with van der Waals surface area (Å²) in [6, 6.07) is -1.40. The van der Waals surface area contributed by atoms with Crippen LogP contribution in [0.4, 0.5) is 13.2 Å². The number of methoxy groups -OCH3 is 1. The number of guanidine groups is 1. The number of rotatable bonds is 8. The van der Waals surface area contributed by atoms with E-state index in [2.05, 4.69) is 22.3 Å². The van der Waals surface area contributed by atoms with Gasteiger partial charge in [-0.25, -0.2) is 0 Å². The molecule has 0 saturated carbocycles. The first-order valence-corrected chi connectivity index (χ1v) is 8.73. The van der Waals surface area contributed by atoms with Gasteiger partial charge in [-0.2, -0.15) is 13.2 Å². The molecule has 6 nitrogen and oxygen atoms in total. The van der Waals surface area contributed by atoms with Crippen LogP contribution in [0.15, 0.2) is 4.99 Å². The highest BCUT2D eigenvalue weighted by molar-refractivity contribution is 5.79. The quantitative estimate of drug-likeness (QED) is 0.395. The van der Waals surface area contributed by atoms with Gasteiger partial charge in [-0.15, -0.1) is 0 Å². The summed E-state index contributed by atoms with van der Waals surface area (Å²) in [5.74, 6) is 0.763. The van der Waals surface area contributed by atoms with E-state index in [1.165, 1.54) is 11.8 Å². The molecule has 0 amide bonds. The molecule has 1 unspecified atom stereocenters. The van der Waals surface area contributed by atoms with Gasteiger partial charge in [-0.1, -0.05) is 0 Å². The van der Waals surface area contributed by atoms with Gasteiger partial charge in [0.2, 0.25) is 0 Å². The highest BCUT2D eigenvalue weighted by Crippen LogP contribution is 2.25. The molecular weight excluding hydrogens is 335 g/mol. The van der Waals surface area contributed by atoms with Crippen molar-refractivity contribution in [1.29, 1.82) is 0 Å². The Kier molecular flexibility index (Phi) is 9.52. The van der Waals surface area contributed by atoms with Crippen LogP contribution >= 0.6 is 0 Å². The van der Waals surface area contributed by atoms with Crippen LogP contribution in [0.1, 0.15) is 13.3 Å².